The summed E-state index contributed by atoms with van der Waals surface area (Å²) in [6, 6.07) is 0. The molecule has 0 aromatic heterocycles. The third-order valence-electron chi connectivity index (χ3n) is 2.17. The Morgan fingerprint density at radius 3 is 1.75 bits per heavy atom. The van der Waals surface area contributed by atoms with Gasteiger partial charge in [0.25, 0.3) is 0 Å². The predicted molar refractivity (Wildman–Crippen MR) is 63.4 cm³/mol. The van der Waals surface area contributed by atoms with Gasteiger partial charge in [-0.3, -0.25) is 0 Å². The van der Waals surface area contributed by atoms with E-state index in [1.165, 1.54) is 17.7 Å². The van der Waals surface area contributed by atoms with Crippen LogP contribution in [0.2, 0.25) is 17.7 Å². The van der Waals surface area contributed by atoms with E-state index in [1.807, 2.05) is 0 Å². The summed E-state index contributed by atoms with van der Waals surface area (Å²) in [5.74, 6) is 0. The quantitative estimate of drug-likeness (QED) is 0.559. The predicted octanol–water partition coefficient (Wildman–Crippen LogP) is 3.91. The van der Waals surface area contributed by atoms with Gasteiger partial charge >= 0.3 is 96.3 Å². The van der Waals surface area contributed by atoms with Crippen molar-refractivity contribution in [2.45, 2.75) is 45.4 Å². The van der Waals surface area contributed by atoms with Gasteiger partial charge in [-0.1, -0.05) is 0 Å². The van der Waals surface area contributed by atoms with Gasteiger partial charge in [-0.25, -0.2) is 0 Å². The van der Waals surface area contributed by atoms with E-state index in [1.54, 1.807) is 0 Å². The third-order valence-corrected chi connectivity index (χ3v) is 41.9. The summed E-state index contributed by atoms with van der Waals surface area (Å²) in [4.78, 5) is 0. The topological polar surface area (TPSA) is 9.23 Å². The van der Waals surface area contributed by atoms with Crippen LogP contribution in [-0.2, 0) is 1.41 Å². The first-order valence-electron chi connectivity index (χ1n) is 4.84. The van der Waals surface area contributed by atoms with Gasteiger partial charge in [0.05, 0.1) is 0 Å². The number of hydrogen-bond donors (Lipinski definition) is 0. The summed E-state index contributed by atoms with van der Waals surface area (Å²) >= 11 is 0.429. The van der Waals surface area contributed by atoms with Crippen molar-refractivity contribution >= 4 is 49.4 Å². The second-order valence-corrected chi connectivity index (χ2v) is 33.3. The molecule has 4 heteroatoms. The zero-order valence-electron chi connectivity index (χ0n) is 8.61. The van der Waals surface area contributed by atoms with Gasteiger partial charge in [-0.2, -0.15) is 0 Å². The molecule has 0 amide bonds. The molecule has 73 valence electrons. The Morgan fingerprint density at radius 1 is 1.08 bits per heavy atom. The normalized spacial score (nSPS) is 12.5. The first-order chi connectivity index (χ1) is 5.61. The van der Waals surface area contributed by atoms with Crippen molar-refractivity contribution in [2.75, 3.05) is 0 Å². The molecule has 0 N–H and O–H groups in total. The van der Waals surface area contributed by atoms with Crippen LogP contribution in [0, 0.1) is 0 Å². The van der Waals surface area contributed by atoms with Crippen molar-refractivity contribution in [1.29, 1.82) is 0 Å². The molecule has 0 rings (SSSR count). The molecule has 0 saturated heterocycles. The van der Waals surface area contributed by atoms with Crippen LogP contribution in [0.1, 0.15) is 27.7 Å². The van der Waals surface area contributed by atoms with E-state index in [0.29, 0.717) is 0 Å². The van der Waals surface area contributed by atoms with Crippen LogP contribution < -0.4 is 0 Å². The summed E-state index contributed by atoms with van der Waals surface area (Å²) in [5, 5.41) is 0. The SMILES string of the molecule is C[CH2][Sn]([CH2]C)[O][Sn]([Br])([CH2]C)[CH2]C. The molecule has 0 aliphatic rings. The first-order valence-corrected chi connectivity index (χ1v) is 21.6. The molecule has 12 heavy (non-hydrogen) atoms. The third kappa shape index (κ3) is 5.05. The number of rotatable bonds is 6. The molecule has 1 radical (unpaired) electrons. The Hall–Kier alpha value is 2.04. The van der Waals surface area contributed by atoms with Crippen molar-refractivity contribution in [3.63, 3.8) is 0 Å². The van der Waals surface area contributed by atoms with Crippen LogP contribution in [0.5, 0.6) is 0 Å². The maximum absolute atomic E-state index is 6.36. The van der Waals surface area contributed by atoms with Crippen molar-refractivity contribution in [3.05, 3.63) is 0 Å². The van der Waals surface area contributed by atoms with Gasteiger partial charge in [0, 0.05) is 0 Å². The molecule has 0 fully saturated rings. The van der Waals surface area contributed by atoms with Gasteiger partial charge in [0.15, 0.2) is 0 Å². The summed E-state index contributed by atoms with van der Waals surface area (Å²) in [7, 11) is 0. The van der Waals surface area contributed by atoms with E-state index < -0.39 is 36.7 Å². The van der Waals surface area contributed by atoms with Crippen molar-refractivity contribution < 1.29 is 1.41 Å². The van der Waals surface area contributed by atoms with Gasteiger partial charge in [-0.05, 0) is 0 Å². The van der Waals surface area contributed by atoms with E-state index >= 15 is 0 Å². The van der Waals surface area contributed by atoms with Crippen LogP contribution in [0.3, 0.4) is 0 Å². The molecule has 0 bridgehead atoms. The standard InChI is InChI=1S/4C2H5.BrH.O.2Sn/c4*1-2;;;;/h4*1H2,2H3;1H;;;/q;;;;;;;+1/p-1. The molecule has 0 aliphatic carbocycles. The second kappa shape index (κ2) is 7.34. The van der Waals surface area contributed by atoms with Gasteiger partial charge in [-0.15, -0.1) is 0 Å². The van der Waals surface area contributed by atoms with Crippen LogP contribution in [-0.4, -0.2) is 36.7 Å². The van der Waals surface area contributed by atoms with Crippen LogP contribution in [0.15, 0.2) is 0 Å². The molecule has 0 spiro atoms. The molecule has 0 atom stereocenters. The van der Waals surface area contributed by atoms with Gasteiger partial charge < -0.3 is 0 Å². The molecule has 0 saturated carbocycles. The zero-order valence-corrected chi connectivity index (χ0v) is 15.9. The Morgan fingerprint density at radius 2 is 1.50 bits per heavy atom. The maximum atomic E-state index is 6.36. The zero-order chi connectivity index (χ0) is 9.61. The first kappa shape index (κ1) is 14.0. The average Bonchev–Trinajstić information content (AvgIpc) is 2.14. The monoisotopic (exact) mass is 451 g/mol. The molecule has 1 nitrogen and oxygen atoms in total. The summed E-state index contributed by atoms with van der Waals surface area (Å²) in [6.45, 7) is 9.15. The molecular weight excluding hydrogens is 429 g/mol. The Balaban J connectivity index is 3.99. The molecule has 0 unspecified atom stereocenters. The number of hydrogen-bond acceptors (Lipinski definition) is 1. The second-order valence-electron chi connectivity index (χ2n) is 2.94. The molecule has 0 aromatic rings. The number of halogens is 1. The van der Waals surface area contributed by atoms with E-state index in [-0.39, 0.29) is 0 Å². The van der Waals surface area contributed by atoms with Crippen LogP contribution in [0.4, 0.5) is 0 Å². The van der Waals surface area contributed by atoms with Gasteiger partial charge in [0.1, 0.15) is 0 Å². The van der Waals surface area contributed by atoms with E-state index in [9.17, 15) is 0 Å². The van der Waals surface area contributed by atoms with Crippen molar-refractivity contribution in [1.82, 2.24) is 0 Å². The Kier molecular flexibility index (Phi) is 8.59. The minimum atomic E-state index is -2.12. The van der Waals surface area contributed by atoms with E-state index in [2.05, 4.69) is 40.4 Å². The van der Waals surface area contributed by atoms with E-state index in [0.717, 1.165) is 0 Å². The average molecular weight is 450 g/mol. The Labute approximate surface area is 95.1 Å². The van der Waals surface area contributed by atoms with Gasteiger partial charge in [0.2, 0.25) is 0 Å². The fourth-order valence-electron chi connectivity index (χ4n) is 1.05. The molecule has 0 aliphatic heterocycles. The molecule has 0 aromatic carbocycles. The fourth-order valence-corrected chi connectivity index (χ4v) is 38.3. The fraction of sp³-hybridized carbons (Fsp3) is 1.00. The summed E-state index contributed by atoms with van der Waals surface area (Å²) in [6.07, 6.45) is 0. The molecule has 0 heterocycles. The summed E-state index contributed by atoms with van der Waals surface area (Å²) in [5.41, 5.74) is 0. The van der Waals surface area contributed by atoms with Crippen LogP contribution in [0.25, 0.3) is 0 Å². The summed E-state index contributed by atoms with van der Waals surface area (Å²) < 4.78 is 11.6. The van der Waals surface area contributed by atoms with Crippen LogP contribution >= 0.6 is 12.7 Å². The molecular formula is C8H20BrOSn2. The van der Waals surface area contributed by atoms with Crippen molar-refractivity contribution in [3.8, 4) is 0 Å². The van der Waals surface area contributed by atoms with Crippen molar-refractivity contribution in [2.24, 2.45) is 0 Å². The van der Waals surface area contributed by atoms with E-state index in [4.69, 9.17) is 1.41 Å². The Bertz CT molecular complexity index is 114. The minimum absolute atomic E-state index is 1.29.